The van der Waals surface area contributed by atoms with Crippen molar-refractivity contribution in [1.82, 2.24) is 0 Å². The van der Waals surface area contributed by atoms with E-state index in [1.165, 1.54) is 47.2 Å². The predicted octanol–water partition coefficient (Wildman–Crippen LogP) is 5.95. The van der Waals surface area contributed by atoms with Crippen LogP contribution in [0, 0.1) is 0 Å². The Bertz CT molecular complexity index is 603. The van der Waals surface area contributed by atoms with Crippen molar-refractivity contribution in [3.63, 3.8) is 0 Å². The van der Waals surface area contributed by atoms with Crippen LogP contribution in [-0.4, -0.2) is 16.2 Å². The minimum Gasteiger partial charge on any atom is -0.163 e. The van der Waals surface area contributed by atoms with E-state index in [1.54, 1.807) is 0 Å². The monoisotopic (exact) mass is 420 g/mol. The molecule has 2 radical (unpaired) electrons. The lowest BCUT2D eigenvalue weighted by Gasteiger charge is -2.16. The molecule has 26 heavy (non-hydrogen) atoms. The maximum atomic E-state index is 6.90. The highest BCUT2D eigenvalue weighted by Crippen LogP contribution is 2.15. The van der Waals surface area contributed by atoms with E-state index in [9.17, 15) is 0 Å². The van der Waals surface area contributed by atoms with Gasteiger partial charge in [-0.05, 0) is 59.3 Å². The first-order valence-corrected chi connectivity index (χ1v) is 15.3. The van der Waals surface area contributed by atoms with Crippen molar-refractivity contribution in [3.8, 4) is 0 Å². The van der Waals surface area contributed by atoms with Gasteiger partial charge in [0.15, 0.2) is 16.2 Å². The van der Waals surface area contributed by atoms with Gasteiger partial charge in [0.2, 0.25) is 0 Å². The fraction of sp³-hybridized carbons (Fsp3) is 0.455. The Morgan fingerprint density at radius 3 is 1.42 bits per heavy atom. The highest BCUT2D eigenvalue weighted by molar-refractivity contribution is 7.17. The lowest BCUT2D eigenvalue weighted by molar-refractivity contribution is 0.797. The number of aryl methyl sites for hydroxylation is 2. The molecule has 140 valence electrons. The Hall–Kier alpha value is -0.546. The molecule has 0 nitrogen and oxygen atoms in total. The lowest BCUT2D eigenvalue weighted by Crippen LogP contribution is -2.32. The van der Waals surface area contributed by atoms with Crippen LogP contribution in [0.4, 0.5) is 0 Å². The molecule has 0 aliphatic rings. The molecule has 0 unspecified atom stereocenters. The third-order valence-electron chi connectivity index (χ3n) is 4.78. The van der Waals surface area contributed by atoms with Crippen LogP contribution in [0.5, 0.6) is 0 Å². The van der Waals surface area contributed by atoms with E-state index in [1.807, 2.05) is 0 Å². The Kier molecular flexibility index (Phi) is 10.1. The van der Waals surface area contributed by atoms with Crippen molar-refractivity contribution in [2.75, 3.05) is 0 Å². The summed E-state index contributed by atoms with van der Waals surface area (Å²) < 4.78 is 0. The van der Waals surface area contributed by atoms with Gasteiger partial charge in [0.1, 0.15) is 0 Å². The van der Waals surface area contributed by atoms with Gasteiger partial charge < -0.3 is 0 Å². The van der Waals surface area contributed by atoms with Crippen molar-refractivity contribution in [1.29, 1.82) is 0 Å². The van der Waals surface area contributed by atoms with Gasteiger partial charge in [0, 0.05) is 0 Å². The highest BCUT2D eigenvalue weighted by Gasteiger charge is 2.20. The maximum absolute atomic E-state index is 6.90. The van der Waals surface area contributed by atoms with Gasteiger partial charge in [-0.3, -0.25) is 0 Å². The van der Waals surface area contributed by atoms with Gasteiger partial charge in [-0.15, -0.1) is 0 Å². The lowest BCUT2D eigenvalue weighted by atomic mass is 10.1. The van der Waals surface area contributed by atoms with E-state index in [4.69, 9.17) is 22.2 Å². The van der Waals surface area contributed by atoms with E-state index in [0.29, 0.717) is 0 Å². The first-order valence-electron chi connectivity index (χ1n) is 9.86. The molecule has 0 bridgehead atoms. The average Bonchev–Trinajstić information content (AvgIpc) is 2.69. The topological polar surface area (TPSA) is 0 Å². The van der Waals surface area contributed by atoms with Gasteiger partial charge in [0.25, 0.3) is 0 Å². The molecular weight excluding hydrogens is 391 g/mol. The number of hydrogen-bond acceptors (Lipinski definition) is 0. The van der Waals surface area contributed by atoms with Crippen molar-refractivity contribution >= 4 is 48.7 Å². The summed E-state index contributed by atoms with van der Waals surface area (Å²) in [5, 5.41) is 2.80. The summed E-state index contributed by atoms with van der Waals surface area (Å²) in [6, 6.07) is 19.6. The van der Waals surface area contributed by atoms with Crippen LogP contribution >= 0.6 is 22.2 Å². The van der Waals surface area contributed by atoms with Crippen molar-refractivity contribution in [2.24, 2.45) is 0 Å². The zero-order chi connectivity index (χ0) is 18.8. The molecule has 0 aromatic heterocycles. The van der Waals surface area contributed by atoms with Crippen molar-refractivity contribution < 1.29 is 0 Å². The molecule has 0 amide bonds. The van der Waals surface area contributed by atoms with Crippen LogP contribution in [0.3, 0.4) is 0 Å². The summed E-state index contributed by atoms with van der Waals surface area (Å²) in [4.78, 5) is 0. The number of unbranched alkanes of at least 4 members (excludes halogenated alkanes) is 2. The third kappa shape index (κ3) is 6.56. The fourth-order valence-corrected chi connectivity index (χ4v) is 10.00. The van der Waals surface area contributed by atoms with Crippen molar-refractivity contribution in [3.05, 3.63) is 59.7 Å². The Morgan fingerprint density at radius 2 is 1.04 bits per heavy atom. The first-order chi connectivity index (χ1) is 12.7. The zero-order valence-corrected chi connectivity index (χ0v) is 19.5. The molecule has 4 heteroatoms. The highest BCUT2D eigenvalue weighted by atomic mass is 35.6. The second kappa shape index (κ2) is 12.0. The molecule has 0 N–H and O–H groups in total. The summed E-state index contributed by atoms with van der Waals surface area (Å²) in [5.74, 6) is 0. The van der Waals surface area contributed by atoms with Crippen LogP contribution in [0.2, 0.25) is 12.1 Å². The molecule has 0 fully saturated rings. The summed E-state index contributed by atoms with van der Waals surface area (Å²) >= 11 is 13.8. The Balaban J connectivity index is 2.00. The summed E-state index contributed by atoms with van der Waals surface area (Å²) in [6.45, 7) is 4.49. The van der Waals surface area contributed by atoms with Crippen molar-refractivity contribution in [2.45, 2.75) is 64.5 Å². The van der Waals surface area contributed by atoms with E-state index in [-0.39, 0.29) is 0 Å². The molecule has 0 spiro atoms. The van der Waals surface area contributed by atoms with Crippen LogP contribution in [0.15, 0.2) is 48.5 Å². The van der Waals surface area contributed by atoms with Gasteiger partial charge in [-0.1, -0.05) is 75.2 Å². The van der Waals surface area contributed by atoms with Gasteiger partial charge in [-0.2, -0.15) is 22.2 Å². The minimum absolute atomic E-state index is 1.05. The van der Waals surface area contributed by atoms with E-state index < -0.39 is 16.2 Å². The largest absolute Gasteiger partial charge is 0.199 e. The first kappa shape index (κ1) is 21.8. The molecule has 0 heterocycles. The second-order valence-electron chi connectivity index (χ2n) is 6.83. The van der Waals surface area contributed by atoms with Crippen LogP contribution in [0.25, 0.3) is 0 Å². The number of halogens is 2. The summed E-state index contributed by atoms with van der Waals surface area (Å²) in [6.07, 6.45) is 7.21. The number of hydrogen-bond donors (Lipinski definition) is 0. The molecule has 0 aliphatic carbocycles. The zero-order valence-electron chi connectivity index (χ0n) is 16.0. The molecule has 0 saturated carbocycles. The molecule has 2 rings (SSSR count). The van der Waals surface area contributed by atoms with Gasteiger partial charge >= 0.3 is 0 Å². The Morgan fingerprint density at radius 1 is 0.654 bits per heavy atom. The Labute approximate surface area is 172 Å². The fourth-order valence-electron chi connectivity index (χ4n) is 3.23. The molecular formula is C22H30Cl2Si2. The van der Waals surface area contributed by atoms with Gasteiger partial charge in [0.05, 0.1) is 0 Å². The van der Waals surface area contributed by atoms with E-state index in [2.05, 4.69) is 62.4 Å². The van der Waals surface area contributed by atoms with Gasteiger partial charge in [-0.25, -0.2) is 0 Å². The SMILES string of the molecule is CCCCc1ccccc1[Si](Cl)CC[Si](Cl)c1ccccc1CCCC. The average molecular weight is 422 g/mol. The van der Waals surface area contributed by atoms with Crippen LogP contribution in [0.1, 0.15) is 50.7 Å². The smallest absolute Gasteiger partial charge is 0.163 e. The van der Waals surface area contributed by atoms with E-state index >= 15 is 0 Å². The van der Waals surface area contributed by atoms with Crippen LogP contribution < -0.4 is 10.4 Å². The molecule has 0 atom stereocenters. The normalized spacial score (nSPS) is 11.5. The molecule has 0 aliphatic heterocycles. The standard InChI is InChI=1S/C22H30Cl2Si2/c1-3-5-11-19-13-7-9-15-21(19)25(23)17-18-26(24)22-16-10-8-14-20(22)12-6-4-2/h7-10,13-16H,3-6,11-12,17-18H2,1-2H3. The molecule has 2 aromatic carbocycles. The number of rotatable bonds is 11. The minimum atomic E-state index is -1.05. The quantitative estimate of drug-likeness (QED) is 0.311. The van der Waals surface area contributed by atoms with E-state index in [0.717, 1.165) is 24.9 Å². The van der Waals surface area contributed by atoms with Crippen LogP contribution in [-0.2, 0) is 12.8 Å². The number of benzene rings is 2. The summed E-state index contributed by atoms with van der Waals surface area (Å²) in [5.41, 5.74) is 2.90. The second-order valence-corrected chi connectivity index (χ2v) is 13.3. The molecule has 0 saturated heterocycles. The third-order valence-corrected chi connectivity index (χ3v) is 11.2. The predicted molar refractivity (Wildman–Crippen MR) is 122 cm³/mol. The molecule has 2 aromatic rings. The maximum Gasteiger partial charge on any atom is 0.199 e. The summed E-state index contributed by atoms with van der Waals surface area (Å²) in [7, 11) is -2.09.